The summed E-state index contributed by atoms with van der Waals surface area (Å²) in [4.78, 5) is 2.15. The number of hydrogen-bond acceptors (Lipinski definition) is 2. The zero-order chi connectivity index (χ0) is 11.6. The van der Waals surface area contributed by atoms with Crippen LogP contribution in [0.3, 0.4) is 0 Å². The summed E-state index contributed by atoms with van der Waals surface area (Å²) in [7, 11) is 4.13. The Kier molecular flexibility index (Phi) is 2.98. The Balaban J connectivity index is 2.26. The van der Waals surface area contributed by atoms with Gasteiger partial charge in [0.15, 0.2) is 0 Å². The van der Waals surface area contributed by atoms with Crippen LogP contribution in [-0.2, 0) is 12.0 Å². The van der Waals surface area contributed by atoms with Crippen molar-refractivity contribution in [2.24, 2.45) is 0 Å². The number of nitriles is 1. The first-order valence-corrected chi connectivity index (χ1v) is 5.82. The van der Waals surface area contributed by atoms with Gasteiger partial charge in [-0.15, -0.1) is 0 Å². The Morgan fingerprint density at radius 2 is 2.12 bits per heavy atom. The molecule has 0 aromatic heterocycles. The van der Waals surface area contributed by atoms with Crippen LogP contribution in [0.15, 0.2) is 24.3 Å². The van der Waals surface area contributed by atoms with Gasteiger partial charge in [0.05, 0.1) is 11.5 Å². The van der Waals surface area contributed by atoms with Crippen LogP contribution in [0.4, 0.5) is 0 Å². The van der Waals surface area contributed by atoms with Crippen LogP contribution < -0.4 is 0 Å². The Bertz CT molecular complexity index is 411. The molecule has 0 atom stereocenters. The minimum atomic E-state index is -0.178. The first-order valence-electron chi connectivity index (χ1n) is 5.82. The van der Waals surface area contributed by atoms with Gasteiger partial charge in [0.2, 0.25) is 0 Å². The second-order valence-electron chi connectivity index (χ2n) is 4.99. The predicted molar refractivity (Wildman–Crippen MR) is 65.0 cm³/mol. The Morgan fingerprint density at radius 1 is 1.38 bits per heavy atom. The largest absolute Gasteiger partial charge is 0.305 e. The number of nitrogens with zero attached hydrogens (tertiary/aromatic N) is 2. The van der Waals surface area contributed by atoms with E-state index < -0.39 is 0 Å². The van der Waals surface area contributed by atoms with E-state index in [0.717, 1.165) is 19.4 Å². The van der Waals surface area contributed by atoms with Crippen molar-refractivity contribution < 1.29 is 0 Å². The Morgan fingerprint density at radius 3 is 2.62 bits per heavy atom. The second kappa shape index (κ2) is 4.27. The lowest BCUT2D eigenvalue weighted by atomic mass is 9.65. The standard InChI is InChI=1S/C14H18N2/c1-16(2)10-12-5-3-6-13(9-12)14(11-15)7-4-8-14/h3,5-6,9H,4,7-8,10H2,1-2H3. The number of hydrogen-bond donors (Lipinski definition) is 0. The maximum absolute atomic E-state index is 9.30. The SMILES string of the molecule is CN(C)Cc1cccc(C2(C#N)CCC2)c1. The topological polar surface area (TPSA) is 27.0 Å². The molecule has 0 heterocycles. The normalized spacial score (nSPS) is 17.9. The van der Waals surface area contributed by atoms with Gasteiger partial charge in [-0.2, -0.15) is 5.26 Å². The highest BCUT2D eigenvalue weighted by Crippen LogP contribution is 2.43. The van der Waals surface area contributed by atoms with E-state index in [0.29, 0.717) is 0 Å². The van der Waals surface area contributed by atoms with E-state index in [2.05, 4.69) is 49.3 Å². The van der Waals surface area contributed by atoms with Crippen LogP contribution in [-0.4, -0.2) is 19.0 Å². The first-order chi connectivity index (χ1) is 7.66. The molecule has 0 aliphatic heterocycles. The fraction of sp³-hybridized carbons (Fsp3) is 0.500. The molecule has 1 aliphatic rings. The van der Waals surface area contributed by atoms with Gasteiger partial charge in [-0.3, -0.25) is 0 Å². The van der Waals surface area contributed by atoms with Gasteiger partial charge in [-0.25, -0.2) is 0 Å². The zero-order valence-electron chi connectivity index (χ0n) is 10.0. The highest BCUT2D eigenvalue weighted by molar-refractivity contribution is 5.37. The molecule has 1 saturated carbocycles. The summed E-state index contributed by atoms with van der Waals surface area (Å²) in [5.41, 5.74) is 2.33. The molecule has 0 radical (unpaired) electrons. The molecule has 16 heavy (non-hydrogen) atoms. The maximum Gasteiger partial charge on any atom is 0.0822 e. The molecule has 0 spiro atoms. The van der Waals surface area contributed by atoms with Crippen molar-refractivity contribution in [2.45, 2.75) is 31.2 Å². The highest BCUT2D eigenvalue weighted by Gasteiger charge is 2.38. The van der Waals surface area contributed by atoms with Crippen LogP contribution in [0.25, 0.3) is 0 Å². The summed E-state index contributed by atoms with van der Waals surface area (Å²) in [5.74, 6) is 0. The molecule has 2 heteroatoms. The van der Waals surface area contributed by atoms with E-state index in [9.17, 15) is 5.26 Å². The highest BCUT2D eigenvalue weighted by atomic mass is 15.0. The number of benzene rings is 1. The van der Waals surface area contributed by atoms with Crippen molar-refractivity contribution in [1.82, 2.24) is 4.90 Å². The van der Waals surface area contributed by atoms with Crippen molar-refractivity contribution in [3.63, 3.8) is 0 Å². The van der Waals surface area contributed by atoms with Gasteiger partial charge in [0, 0.05) is 6.54 Å². The molecule has 0 N–H and O–H groups in total. The van der Waals surface area contributed by atoms with Gasteiger partial charge in [0.1, 0.15) is 0 Å². The van der Waals surface area contributed by atoms with Crippen LogP contribution >= 0.6 is 0 Å². The molecule has 1 aliphatic carbocycles. The first kappa shape index (κ1) is 11.2. The van der Waals surface area contributed by atoms with Gasteiger partial charge in [-0.1, -0.05) is 24.3 Å². The summed E-state index contributed by atoms with van der Waals surface area (Å²) in [6.07, 6.45) is 3.23. The van der Waals surface area contributed by atoms with Crippen molar-refractivity contribution in [3.8, 4) is 6.07 Å². The zero-order valence-corrected chi connectivity index (χ0v) is 10.0. The van der Waals surface area contributed by atoms with Gasteiger partial charge in [0.25, 0.3) is 0 Å². The fourth-order valence-corrected chi connectivity index (χ4v) is 2.33. The van der Waals surface area contributed by atoms with Crippen molar-refractivity contribution in [3.05, 3.63) is 35.4 Å². The third-order valence-corrected chi connectivity index (χ3v) is 3.40. The smallest absolute Gasteiger partial charge is 0.0822 e. The summed E-state index contributed by atoms with van der Waals surface area (Å²) < 4.78 is 0. The van der Waals surface area contributed by atoms with Gasteiger partial charge < -0.3 is 4.90 Å². The minimum Gasteiger partial charge on any atom is -0.305 e. The van der Waals surface area contributed by atoms with Crippen LogP contribution in [0.5, 0.6) is 0 Å². The third-order valence-electron chi connectivity index (χ3n) is 3.40. The molecule has 1 aromatic rings. The Labute approximate surface area is 97.5 Å². The molecule has 0 saturated heterocycles. The van der Waals surface area contributed by atoms with E-state index >= 15 is 0 Å². The maximum atomic E-state index is 9.30. The molecule has 1 fully saturated rings. The summed E-state index contributed by atoms with van der Waals surface area (Å²) >= 11 is 0. The van der Waals surface area contributed by atoms with Crippen LogP contribution in [0.2, 0.25) is 0 Å². The molecule has 0 amide bonds. The predicted octanol–water partition coefficient (Wildman–Crippen LogP) is 2.69. The lowest BCUT2D eigenvalue weighted by Crippen LogP contribution is -2.32. The molecular weight excluding hydrogens is 196 g/mol. The van der Waals surface area contributed by atoms with E-state index in [1.807, 2.05) is 0 Å². The van der Waals surface area contributed by atoms with Crippen LogP contribution in [0.1, 0.15) is 30.4 Å². The van der Waals surface area contributed by atoms with Crippen molar-refractivity contribution in [2.75, 3.05) is 14.1 Å². The van der Waals surface area contributed by atoms with Gasteiger partial charge >= 0.3 is 0 Å². The van der Waals surface area contributed by atoms with Crippen LogP contribution in [0, 0.1) is 11.3 Å². The van der Waals surface area contributed by atoms with E-state index in [4.69, 9.17) is 0 Å². The lowest BCUT2D eigenvalue weighted by molar-refractivity contribution is 0.323. The average Bonchev–Trinajstić information content (AvgIpc) is 2.16. The summed E-state index contributed by atoms with van der Waals surface area (Å²) in [5, 5.41) is 9.30. The third kappa shape index (κ3) is 1.96. The van der Waals surface area contributed by atoms with E-state index in [1.165, 1.54) is 17.5 Å². The molecule has 2 rings (SSSR count). The second-order valence-corrected chi connectivity index (χ2v) is 4.99. The summed E-state index contributed by atoms with van der Waals surface area (Å²) in [6, 6.07) is 11.0. The number of rotatable bonds is 3. The fourth-order valence-electron chi connectivity index (χ4n) is 2.33. The quantitative estimate of drug-likeness (QED) is 0.773. The molecular formula is C14H18N2. The molecule has 0 unspecified atom stereocenters. The average molecular weight is 214 g/mol. The summed E-state index contributed by atoms with van der Waals surface area (Å²) in [6.45, 7) is 0.940. The lowest BCUT2D eigenvalue weighted by Gasteiger charge is -2.35. The molecule has 2 nitrogen and oxygen atoms in total. The van der Waals surface area contributed by atoms with E-state index in [1.54, 1.807) is 0 Å². The van der Waals surface area contributed by atoms with Crippen molar-refractivity contribution >= 4 is 0 Å². The molecule has 0 bridgehead atoms. The molecule has 84 valence electrons. The molecule has 1 aromatic carbocycles. The van der Waals surface area contributed by atoms with Crippen molar-refractivity contribution in [1.29, 1.82) is 5.26 Å². The van der Waals surface area contributed by atoms with Gasteiger partial charge in [-0.05, 0) is 44.5 Å². The van der Waals surface area contributed by atoms with E-state index in [-0.39, 0.29) is 5.41 Å². The monoisotopic (exact) mass is 214 g/mol. The Hall–Kier alpha value is -1.33. The minimum absolute atomic E-state index is 0.178.